The monoisotopic (exact) mass is 344 g/mol. The first-order valence-electron chi connectivity index (χ1n) is 7.93. The summed E-state index contributed by atoms with van der Waals surface area (Å²) >= 11 is 1.22. The second-order valence-corrected chi connectivity index (χ2v) is 6.87. The molecule has 6 heteroatoms. The van der Waals surface area contributed by atoms with Gasteiger partial charge in [-0.05, 0) is 51.5 Å². The molecule has 0 unspecified atom stereocenters. The van der Waals surface area contributed by atoms with Crippen LogP contribution in [0.2, 0.25) is 0 Å². The third-order valence-electron chi connectivity index (χ3n) is 3.83. The highest BCUT2D eigenvalue weighted by Gasteiger charge is 2.21. The fourth-order valence-electron chi connectivity index (χ4n) is 2.83. The Morgan fingerprint density at radius 3 is 2.54 bits per heavy atom. The number of hydrogen-bond donors (Lipinski definition) is 1. The standard InChI is InChI=1S/C18H20N2O3S/c1-5-14-15(12-6-8-13(9-7-12)23-10(2)3)19-18-20(14)11(4)16(24-18)17(21)22/h6-10H,5H2,1-4H3,(H,21,22). The number of aromatic nitrogens is 2. The van der Waals surface area contributed by atoms with Crippen molar-refractivity contribution in [1.29, 1.82) is 0 Å². The first-order chi connectivity index (χ1) is 11.4. The van der Waals surface area contributed by atoms with E-state index in [4.69, 9.17) is 4.74 Å². The molecule has 0 saturated carbocycles. The molecule has 0 atom stereocenters. The third-order valence-corrected chi connectivity index (χ3v) is 4.96. The van der Waals surface area contributed by atoms with Crippen molar-refractivity contribution in [3.63, 3.8) is 0 Å². The summed E-state index contributed by atoms with van der Waals surface area (Å²) in [6, 6.07) is 7.88. The summed E-state index contributed by atoms with van der Waals surface area (Å²) in [6.45, 7) is 7.88. The molecular formula is C18H20N2O3S. The lowest BCUT2D eigenvalue weighted by molar-refractivity contribution is 0.0701. The predicted molar refractivity (Wildman–Crippen MR) is 95.3 cm³/mol. The van der Waals surface area contributed by atoms with Gasteiger partial charge in [-0.2, -0.15) is 0 Å². The Bertz CT molecular complexity index is 891. The zero-order chi connectivity index (χ0) is 17.4. The number of carbonyl (C=O) groups is 1. The predicted octanol–water partition coefficient (Wildman–Crippen LogP) is 4.42. The number of carboxylic acids is 1. The molecule has 0 radical (unpaired) electrons. The lowest BCUT2D eigenvalue weighted by Gasteiger charge is -2.10. The van der Waals surface area contributed by atoms with Crippen LogP contribution in [0.25, 0.3) is 16.2 Å². The number of carboxylic acid groups (broad SMARTS) is 1. The van der Waals surface area contributed by atoms with Crippen LogP contribution < -0.4 is 4.74 Å². The Balaban J connectivity index is 2.08. The molecule has 126 valence electrons. The van der Waals surface area contributed by atoms with Crippen molar-refractivity contribution >= 4 is 22.3 Å². The molecule has 1 N–H and O–H groups in total. The van der Waals surface area contributed by atoms with Crippen molar-refractivity contribution in [3.05, 3.63) is 40.5 Å². The number of thiazole rings is 1. The molecule has 24 heavy (non-hydrogen) atoms. The van der Waals surface area contributed by atoms with Crippen LogP contribution >= 0.6 is 11.3 Å². The summed E-state index contributed by atoms with van der Waals surface area (Å²) in [5.74, 6) is -0.0704. The Hall–Kier alpha value is -2.34. The van der Waals surface area contributed by atoms with Gasteiger partial charge in [0.25, 0.3) is 0 Å². The van der Waals surface area contributed by atoms with Gasteiger partial charge in [0, 0.05) is 11.3 Å². The smallest absolute Gasteiger partial charge is 0.347 e. The number of ether oxygens (including phenoxy) is 1. The van der Waals surface area contributed by atoms with E-state index >= 15 is 0 Å². The molecule has 3 rings (SSSR count). The van der Waals surface area contributed by atoms with Crippen molar-refractivity contribution in [2.45, 2.75) is 40.2 Å². The summed E-state index contributed by atoms with van der Waals surface area (Å²) in [5.41, 5.74) is 3.68. The van der Waals surface area contributed by atoms with Gasteiger partial charge in [0.05, 0.1) is 17.5 Å². The van der Waals surface area contributed by atoms with E-state index < -0.39 is 5.97 Å². The second-order valence-electron chi connectivity index (χ2n) is 5.89. The van der Waals surface area contributed by atoms with Gasteiger partial charge in [0.1, 0.15) is 10.6 Å². The van der Waals surface area contributed by atoms with Gasteiger partial charge in [-0.1, -0.05) is 18.3 Å². The second kappa shape index (κ2) is 6.28. The van der Waals surface area contributed by atoms with E-state index in [2.05, 4.69) is 11.9 Å². The van der Waals surface area contributed by atoms with Crippen LogP contribution in [0.1, 0.15) is 41.8 Å². The maximum absolute atomic E-state index is 11.3. The number of benzene rings is 1. The highest BCUT2D eigenvalue weighted by atomic mass is 32.1. The van der Waals surface area contributed by atoms with Gasteiger partial charge in [0.2, 0.25) is 0 Å². The van der Waals surface area contributed by atoms with E-state index in [0.717, 1.165) is 39.8 Å². The minimum absolute atomic E-state index is 0.136. The van der Waals surface area contributed by atoms with Crippen LogP contribution in [0.5, 0.6) is 5.75 Å². The van der Waals surface area contributed by atoms with E-state index in [9.17, 15) is 9.90 Å². The highest BCUT2D eigenvalue weighted by molar-refractivity contribution is 7.19. The van der Waals surface area contributed by atoms with Crippen LogP contribution in [0.15, 0.2) is 24.3 Å². The maximum atomic E-state index is 11.3. The van der Waals surface area contributed by atoms with Gasteiger partial charge >= 0.3 is 5.97 Å². The minimum atomic E-state index is -0.901. The molecule has 0 aliphatic heterocycles. The SMILES string of the molecule is CCc1c(-c2ccc(OC(C)C)cc2)nc2sc(C(=O)O)c(C)n12. The number of hydrogen-bond acceptors (Lipinski definition) is 4. The molecule has 0 aliphatic carbocycles. The molecule has 1 aromatic carbocycles. The van der Waals surface area contributed by atoms with Crippen LogP contribution in [-0.4, -0.2) is 26.6 Å². The summed E-state index contributed by atoms with van der Waals surface area (Å²) in [4.78, 5) is 17.1. The van der Waals surface area contributed by atoms with E-state index in [1.54, 1.807) is 0 Å². The molecule has 2 heterocycles. The van der Waals surface area contributed by atoms with Gasteiger partial charge in [-0.3, -0.25) is 4.40 Å². The Morgan fingerprint density at radius 2 is 2.00 bits per heavy atom. The zero-order valence-corrected chi connectivity index (χ0v) is 15.0. The Labute approximate surface area is 144 Å². The van der Waals surface area contributed by atoms with Crippen LogP contribution in [-0.2, 0) is 6.42 Å². The van der Waals surface area contributed by atoms with Crippen molar-refractivity contribution in [1.82, 2.24) is 9.38 Å². The van der Waals surface area contributed by atoms with Crippen molar-refractivity contribution in [2.75, 3.05) is 0 Å². The lowest BCUT2D eigenvalue weighted by atomic mass is 10.1. The summed E-state index contributed by atoms with van der Waals surface area (Å²) in [6.07, 6.45) is 0.911. The van der Waals surface area contributed by atoms with Gasteiger partial charge in [-0.25, -0.2) is 9.78 Å². The fraction of sp³-hybridized carbons (Fsp3) is 0.333. The first kappa shape index (κ1) is 16.5. The first-order valence-corrected chi connectivity index (χ1v) is 8.75. The minimum Gasteiger partial charge on any atom is -0.491 e. The van der Waals surface area contributed by atoms with Gasteiger partial charge in [0.15, 0.2) is 4.96 Å². The number of aryl methyl sites for hydroxylation is 2. The van der Waals surface area contributed by atoms with Crippen molar-refractivity contribution in [2.24, 2.45) is 0 Å². The molecule has 2 aromatic heterocycles. The molecule has 0 amide bonds. The Morgan fingerprint density at radius 1 is 1.33 bits per heavy atom. The largest absolute Gasteiger partial charge is 0.491 e. The quantitative estimate of drug-likeness (QED) is 0.744. The van der Waals surface area contributed by atoms with Crippen molar-refractivity contribution in [3.8, 4) is 17.0 Å². The number of rotatable bonds is 5. The highest BCUT2D eigenvalue weighted by Crippen LogP contribution is 2.32. The van der Waals surface area contributed by atoms with E-state index in [1.165, 1.54) is 11.3 Å². The summed E-state index contributed by atoms with van der Waals surface area (Å²) in [5, 5.41) is 9.29. The topological polar surface area (TPSA) is 63.8 Å². The van der Waals surface area contributed by atoms with Gasteiger partial charge < -0.3 is 9.84 Å². The number of aromatic carboxylic acids is 1. The van der Waals surface area contributed by atoms with Crippen LogP contribution in [0, 0.1) is 6.92 Å². The molecule has 0 aliphatic rings. The van der Waals surface area contributed by atoms with Crippen LogP contribution in [0.3, 0.4) is 0 Å². The molecular weight excluding hydrogens is 324 g/mol. The number of fused-ring (bicyclic) bond motifs is 1. The average Bonchev–Trinajstić information content (AvgIpc) is 3.04. The van der Waals surface area contributed by atoms with Crippen molar-refractivity contribution < 1.29 is 14.6 Å². The molecule has 0 bridgehead atoms. The molecule has 5 nitrogen and oxygen atoms in total. The lowest BCUT2D eigenvalue weighted by Crippen LogP contribution is -2.05. The average molecular weight is 344 g/mol. The maximum Gasteiger partial charge on any atom is 0.347 e. The molecule has 0 saturated heterocycles. The fourth-order valence-corrected chi connectivity index (χ4v) is 3.82. The number of nitrogens with zero attached hydrogens (tertiary/aromatic N) is 2. The van der Waals surface area contributed by atoms with E-state index in [0.29, 0.717) is 4.88 Å². The van der Waals surface area contributed by atoms with Gasteiger partial charge in [-0.15, -0.1) is 0 Å². The third kappa shape index (κ3) is 2.78. The van der Waals surface area contributed by atoms with E-state index in [1.807, 2.05) is 49.4 Å². The Kier molecular flexibility index (Phi) is 4.32. The van der Waals surface area contributed by atoms with E-state index in [-0.39, 0.29) is 6.10 Å². The van der Waals surface area contributed by atoms with Crippen LogP contribution in [0.4, 0.5) is 0 Å². The normalized spacial score (nSPS) is 11.4. The summed E-state index contributed by atoms with van der Waals surface area (Å²) in [7, 11) is 0. The number of imidazole rings is 1. The summed E-state index contributed by atoms with van der Waals surface area (Å²) < 4.78 is 7.64. The zero-order valence-electron chi connectivity index (χ0n) is 14.2. The molecule has 0 spiro atoms. The molecule has 3 aromatic rings. The molecule has 0 fully saturated rings.